The fourth-order valence-electron chi connectivity index (χ4n) is 4.75. The lowest BCUT2D eigenvalue weighted by molar-refractivity contribution is -0.186. The van der Waals surface area contributed by atoms with Crippen LogP contribution in [0.2, 0.25) is 0 Å². The Kier molecular flexibility index (Phi) is 15.6. The van der Waals surface area contributed by atoms with E-state index in [9.17, 15) is 14.4 Å². The van der Waals surface area contributed by atoms with E-state index in [2.05, 4.69) is 34.3 Å². The smallest absolute Gasteiger partial charge is 0.350 e. The lowest BCUT2D eigenvalue weighted by Crippen LogP contribution is -2.48. The topological polar surface area (TPSA) is 78.9 Å². The first-order chi connectivity index (χ1) is 16.8. The van der Waals surface area contributed by atoms with Crippen LogP contribution in [0.15, 0.2) is 12.7 Å². The zero-order valence-corrected chi connectivity index (χ0v) is 22.8. The van der Waals surface area contributed by atoms with E-state index in [4.69, 9.17) is 14.2 Å². The number of ether oxygens (including phenoxy) is 3. The van der Waals surface area contributed by atoms with Crippen molar-refractivity contribution < 1.29 is 28.6 Å². The highest BCUT2D eigenvalue weighted by molar-refractivity contribution is 5.88. The maximum absolute atomic E-state index is 13.0. The second kappa shape index (κ2) is 17.6. The second-order valence-corrected chi connectivity index (χ2v) is 10.6. The minimum absolute atomic E-state index is 0.205. The molecule has 1 rings (SSSR count). The van der Waals surface area contributed by atoms with Crippen molar-refractivity contribution in [3.05, 3.63) is 12.7 Å². The molecule has 0 N–H and O–H groups in total. The number of esters is 3. The molecule has 0 amide bonds. The van der Waals surface area contributed by atoms with Crippen molar-refractivity contribution in [3.8, 4) is 0 Å². The van der Waals surface area contributed by atoms with Crippen molar-refractivity contribution in [2.75, 3.05) is 13.2 Å². The summed E-state index contributed by atoms with van der Waals surface area (Å²) in [6, 6.07) is 0. The van der Waals surface area contributed by atoms with Crippen LogP contribution in [0.5, 0.6) is 0 Å². The standard InChI is InChI=1S/C29H50O6/c1-6-9-11-16-24(14-7-2)22-34-27(31)25-17-19-29(20-18-25,35-26(30)8-3)28(32)33-21-13-10-12-15-23(4)5/h8,23-25H,3,6-7,9-22H2,1-2,4-5H3. The van der Waals surface area contributed by atoms with Gasteiger partial charge in [0, 0.05) is 6.08 Å². The summed E-state index contributed by atoms with van der Waals surface area (Å²) >= 11 is 0. The summed E-state index contributed by atoms with van der Waals surface area (Å²) in [5.41, 5.74) is -1.34. The molecule has 0 spiro atoms. The third-order valence-corrected chi connectivity index (χ3v) is 6.99. The summed E-state index contributed by atoms with van der Waals surface area (Å²) < 4.78 is 16.7. The summed E-state index contributed by atoms with van der Waals surface area (Å²) in [6.07, 6.45) is 13.3. The predicted octanol–water partition coefficient (Wildman–Crippen LogP) is 6.94. The maximum Gasteiger partial charge on any atom is 0.350 e. The van der Waals surface area contributed by atoms with Crippen molar-refractivity contribution in [2.45, 2.75) is 123 Å². The van der Waals surface area contributed by atoms with E-state index in [1.165, 1.54) is 19.3 Å². The van der Waals surface area contributed by atoms with Gasteiger partial charge < -0.3 is 14.2 Å². The fourth-order valence-corrected chi connectivity index (χ4v) is 4.75. The Morgan fingerprint density at radius 2 is 1.60 bits per heavy atom. The van der Waals surface area contributed by atoms with Crippen LogP contribution in [0.4, 0.5) is 0 Å². The van der Waals surface area contributed by atoms with Gasteiger partial charge in [0.25, 0.3) is 0 Å². The normalized spacial score (nSPS) is 20.8. The third kappa shape index (κ3) is 12.1. The summed E-state index contributed by atoms with van der Waals surface area (Å²) in [4.78, 5) is 37.7. The van der Waals surface area contributed by atoms with Gasteiger partial charge in [0.15, 0.2) is 0 Å². The first kappa shape index (κ1) is 31.2. The Bertz CT molecular complexity index is 633. The summed E-state index contributed by atoms with van der Waals surface area (Å²) in [7, 11) is 0. The number of carbonyl (C=O) groups is 3. The highest BCUT2D eigenvalue weighted by Crippen LogP contribution is 2.37. The Morgan fingerprint density at radius 1 is 0.914 bits per heavy atom. The molecule has 0 bridgehead atoms. The molecule has 1 fully saturated rings. The number of unbranched alkanes of at least 4 members (excludes halogenated alkanes) is 4. The van der Waals surface area contributed by atoms with Crippen LogP contribution >= 0.6 is 0 Å². The Hall–Kier alpha value is -1.85. The first-order valence-electron chi connectivity index (χ1n) is 14.0. The van der Waals surface area contributed by atoms with Gasteiger partial charge >= 0.3 is 17.9 Å². The van der Waals surface area contributed by atoms with Gasteiger partial charge in [-0.05, 0) is 56.8 Å². The van der Waals surface area contributed by atoms with Gasteiger partial charge in [-0.25, -0.2) is 9.59 Å². The fraction of sp³-hybridized carbons (Fsp3) is 0.828. The van der Waals surface area contributed by atoms with Crippen molar-refractivity contribution >= 4 is 17.9 Å². The van der Waals surface area contributed by atoms with E-state index in [1.807, 2.05) is 0 Å². The molecule has 1 aliphatic carbocycles. The molecule has 0 radical (unpaired) electrons. The Morgan fingerprint density at radius 3 is 2.20 bits per heavy atom. The highest BCUT2D eigenvalue weighted by atomic mass is 16.6. The Labute approximate surface area is 213 Å². The molecule has 202 valence electrons. The van der Waals surface area contributed by atoms with Gasteiger partial charge in [-0.2, -0.15) is 0 Å². The molecule has 6 nitrogen and oxygen atoms in total. The lowest BCUT2D eigenvalue weighted by atomic mass is 9.78. The van der Waals surface area contributed by atoms with Crippen LogP contribution in [0.3, 0.4) is 0 Å². The van der Waals surface area contributed by atoms with Gasteiger partial charge in [0.05, 0.1) is 19.1 Å². The van der Waals surface area contributed by atoms with E-state index >= 15 is 0 Å². The minimum Gasteiger partial charge on any atom is -0.465 e. The number of hydrogen-bond acceptors (Lipinski definition) is 6. The summed E-state index contributed by atoms with van der Waals surface area (Å²) in [6.45, 7) is 13.0. The summed E-state index contributed by atoms with van der Waals surface area (Å²) in [5.74, 6) is -0.574. The van der Waals surface area contributed by atoms with Gasteiger partial charge in [0.2, 0.25) is 5.60 Å². The van der Waals surface area contributed by atoms with Crippen molar-refractivity contribution in [3.63, 3.8) is 0 Å². The molecule has 0 aromatic carbocycles. The van der Waals surface area contributed by atoms with Crippen molar-refractivity contribution in [2.24, 2.45) is 17.8 Å². The molecule has 0 aromatic heterocycles. The van der Waals surface area contributed by atoms with Gasteiger partial charge in [-0.1, -0.05) is 79.2 Å². The zero-order valence-electron chi connectivity index (χ0n) is 22.8. The second-order valence-electron chi connectivity index (χ2n) is 10.6. The number of rotatable bonds is 18. The molecule has 6 heteroatoms. The minimum atomic E-state index is -1.34. The first-order valence-corrected chi connectivity index (χ1v) is 14.0. The SMILES string of the molecule is C=CC(=O)OC1(C(=O)OCCCCCC(C)C)CCC(C(=O)OCC(CCC)CCCCC)CC1. The Balaban J connectivity index is 2.59. The van der Waals surface area contributed by atoms with Crippen LogP contribution < -0.4 is 0 Å². The molecule has 1 unspecified atom stereocenters. The van der Waals surface area contributed by atoms with Gasteiger partial charge in [-0.15, -0.1) is 0 Å². The van der Waals surface area contributed by atoms with Crippen LogP contribution in [0, 0.1) is 17.8 Å². The maximum atomic E-state index is 13.0. The largest absolute Gasteiger partial charge is 0.465 e. The monoisotopic (exact) mass is 494 g/mol. The van der Waals surface area contributed by atoms with Crippen LogP contribution in [-0.4, -0.2) is 36.7 Å². The highest BCUT2D eigenvalue weighted by Gasteiger charge is 2.48. The van der Waals surface area contributed by atoms with Crippen LogP contribution in [0.25, 0.3) is 0 Å². The molecular formula is C29H50O6. The third-order valence-electron chi connectivity index (χ3n) is 6.99. The average Bonchev–Trinajstić information content (AvgIpc) is 2.84. The van der Waals surface area contributed by atoms with E-state index in [1.54, 1.807) is 0 Å². The quantitative estimate of drug-likeness (QED) is 0.0888. The molecule has 0 saturated heterocycles. The molecule has 0 aliphatic heterocycles. The molecule has 0 aromatic rings. The zero-order chi connectivity index (χ0) is 26.1. The molecule has 1 atom stereocenters. The molecule has 0 heterocycles. The molecule has 35 heavy (non-hydrogen) atoms. The number of carbonyl (C=O) groups excluding carboxylic acids is 3. The molecule has 1 aliphatic rings. The van der Waals surface area contributed by atoms with E-state index in [0.717, 1.165) is 51.0 Å². The molecule has 1 saturated carbocycles. The van der Waals surface area contributed by atoms with Gasteiger partial charge in [0.1, 0.15) is 0 Å². The molecular weight excluding hydrogens is 444 g/mol. The summed E-state index contributed by atoms with van der Waals surface area (Å²) in [5, 5.41) is 0. The lowest BCUT2D eigenvalue weighted by Gasteiger charge is -2.36. The van der Waals surface area contributed by atoms with Crippen molar-refractivity contribution in [1.82, 2.24) is 0 Å². The van der Waals surface area contributed by atoms with E-state index in [-0.39, 0.29) is 24.7 Å². The van der Waals surface area contributed by atoms with E-state index < -0.39 is 17.5 Å². The average molecular weight is 495 g/mol. The van der Waals surface area contributed by atoms with E-state index in [0.29, 0.717) is 37.9 Å². The predicted molar refractivity (Wildman–Crippen MR) is 139 cm³/mol. The van der Waals surface area contributed by atoms with Crippen LogP contribution in [0.1, 0.15) is 118 Å². The number of hydrogen-bond donors (Lipinski definition) is 0. The van der Waals surface area contributed by atoms with Gasteiger partial charge in [-0.3, -0.25) is 4.79 Å². The van der Waals surface area contributed by atoms with Crippen molar-refractivity contribution in [1.29, 1.82) is 0 Å². The van der Waals surface area contributed by atoms with Crippen LogP contribution in [-0.2, 0) is 28.6 Å².